The second-order valence-corrected chi connectivity index (χ2v) is 7.18. The molecule has 6 heteroatoms. The lowest BCUT2D eigenvalue weighted by atomic mass is 9.96. The molecule has 138 valence electrons. The minimum Gasteiger partial charge on any atom is -0.468 e. The summed E-state index contributed by atoms with van der Waals surface area (Å²) in [6.07, 6.45) is 7.47. The number of hydrogen-bond acceptors (Lipinski definition) is 5. The molecule has 0 spiro atoms. The summed E-state index contributed by atoms with van der Waals surface area (Å²) in [4.78, 5) is 23.9. The fourth-order valence-electron chi connectivity index (χ4n) is 4.01. The number of pyridine rings is 1. The van der Waals surface area contributed by atoms with Crippen LogP contribution in [-0.4, -0.2) is 60.0 Å². The van der Waals surface area contributed by atoms with Gasteiger partial charge in [-0.25, -0.2) is 0 Å². The van der Waals surface area contributed by atoms with Gasteiger partial charge in [-0.1, -0.05) is 0 Å². The Kier molecular flexibility index (Phi) is 5.20. The molecule has 2 saturated heterocycles. The quantitative estimate of drug-likeness (QED) is 0.843. The zero-order chi connectivity index (χ0) is 17.8. The predicted molar refractivity (Wildman–Crippen MR) is 99.7 cm³/mol. The molecule has 26 heavy (non-hydrogen) atoms. The van der Waals surface area contributed by atoms with E-state index in [4.69, 9.17) is 4.42 Å². The molecule has 1 unspecified atom stereocenters. The third kappa shape index (κ3) is 3.90. The fourth-order valence-corrected chi connectivity index (χ4v) is 4.01. The summed E-state index contributed by atoms with van der Waals surface area (Å²) in [5.74, 6) is 1.41. The van der Waals surface area contributed by atoms with E-state index in [0.717, 1.165) is 70.1 Å². The van der Waals surface area contributed by atoms with E-state index in [2.05, 4.69) is 20.9 Å². The van der Waals surface area contributed by atoms with Gasteiger partial charge < -0.3 is 14.2 Å². The number of hydrogen-bond donors (Lipinski definition) is 0. The van der Waals surface area contributed by atoms with Crippen molar-refractivity contribution in [2.45, 2.75) is 19.4 Å². The first-order chi connectivity index (χ1) is 12.8. The maximum Gasteiger partial charge on any atom is 0.227 e. The molecule has 0 saturated carbocycles. The van der Waals surface area contributed by atoms with Crippen LogP contribution in [0.15, 0.2) is 47.3 Å². The van der Waals surface area contributed by atoms with Crippen molar-refractivity contribution in [3.05, 3.63) is 48.7 Å². The number of aromatic nitrogens is 1. The Morgan fingerprint density at radius 3 is 2.77 bits per heavy atom. The van der Waals surface area contributed by atoms with E-state index in [-0.39, 0.29) is 5.92 Å². The topological polar surface area (TPSA) is 52.8 Å². The molecule has 0 bridgehead atoms. The number of carbonyl (C=O) groups is 1. The van der Waals surface area contributed by atoms with Gasteiger partial charge in [0.25, 0.3) is 0 Å². The van der Waals surface area contributed by atoms with Crippen molar-refractivity contribution in [1.82, 2.24) is 14.8 Å². The van der Waals surface area contributed by atoms with E-state index in [1.54, 1.807) is 12.5 Å². The Morgan fingerprint density at radius 1 is 1.15 bits per heavy atom. The van der Waals surface area contributed by atoms with Crippen molar-refractivity contribution in [3.63, 3.8) is 0 Å². The number of carbonyl (C=O) groups excluding carboxylic acids is 1. The van der Waals surface area contributed by atoms with Crippen molar-refractivity contribution >= 4 is 11.6 Å². The Balaban J connectivity index is 1.30. The number of nitrogens with zero attached hydrogens (tertiary/aromatic N) is 4. The van der Waals surface area contributed by atoms with E-state index in [9.17, 15) is 4.79 Å². The van der Waals surface area contributed by atoms with Gasteiger partial charge >= 0.3 is 0 Å². The van der Waals surface area contributed by atoms with Crippen LogP contribution >= 0.6 is 0 Å². The molecule has 4 rings (SSSR count). The summed E-state index contributed by atoms with van der Waals surface area (Å²) < 4.78 is 5.45. The second-order valence-electron chi connectivity index (χ2n) is 7.18. The number of amides is 1. The molecule has 1 amide bonds. The minimum atomic E-state index is 0.114. The molecule has 2 aromatic rings. The Labute approximate surface area is 154 Å². The van der Waals surface area contributed by atoms with E-state index in [0.29, 0.717) is 5.91 Å². The van der Waals surface area contributed by atoms with Gasteiger partial charge in [0.2, 0.25) is 5.91 Å². The number of piperazine rings is 1. The highest BCUT2D eigenvalue weighted by Crippen LogP contribution is 2.22. The summed E-state index contributed by atoms with van der Waals surface area (Å²) in [6.45, 7) is 6.01. The molecule has 1 atom stereocenters. The summed E-state index contributed by atoms with van der Waals surface area (Å²) in [5, 5.41) is 0. The Morgan fingerprint density at radius 2 is 2.04 bits per heavy atom. The highest BCUT2D eigenvalue weighted by Gasteiger charge is 2.31. The average Bonchev–Trinajstić information content (AvgIpc) is 3.21. The molecule has 0 N–H and O–H groups in total. The van der Waals surface area contributed by atoms with Crippen LogP contribution in [0.1, 0.15) is 18.6 Å². The lowest BCUT2D eigenvalue weighted by molar-refractivity contribution is -0.137. The largest absolute Gasteiger partial charge is 0.468 e. The normalized spacial score (nSPS) is 21.8. The molecular formula is C20H26N4O2. The third-order valence-electron chi connectivity index (χ3n) is 5.42. The van der Waals surface area contributed by atoms with E-state index in [1.165, 1.54) is 0 Å². The number of rotatable bonds is 4. The predicted octanol–water partition coefficient (Wildman–Crippen LogP) is 2.24. The molecule has 2 fully saturated rings. The molecule has 4 heterocycles. The lowest BCUT2D eigenvalue weighted by Crippen LogP contribution is -2.52. The van der Waals surface area contributed by atoms with Gasteiger partial charge in [-0.15, -0.1) is 0 Å². The monoisotopic (exact) mass is 354 g/mol. The minimum absolute atomic E-state index is 0.114. The van der Waals surface area contributed by atoms with Crippen LogP contribution in [0.2, 0.25) is 0 Å². The Hall–Kier alpha value is -2.34. The molecule has 0 aliphatic carbocycles. The average molecular weight is 354 g/mol. The van der Waals surface area contributed by atoms with Crippen molar-refractivity contribution in [2.75, 3.05) is 44.2 Å². The van der Waals surface area contributed by atoms with Crippen LogP contribution < -0.4 is 4.90 Å². The van der Waals surface area contributed by atoms with Crippen LogP contribution in [0, 0.1) is 5.92 Å². The SMILES string of the molecule is O=C(C1CCCN(Cc2ccco2)C1)N1CCN(c2cccnc2)CC1. The Bertz CT molecular complexity index is 696. The molecule has 0 aromatic carbocycles. The highest BCUT2D eigenvalue weighted by atomic mass is 16.3. The fraction of sp³-hybridized carbons (Fsp3) is 0.500. The number of furan rings is 1. The van der Waals surface area contributed by atoms with Crippen LogP contribution in [0.3, 0.4) is 0 Å². The number of anilines is 1. The standard InChI is InChI=1S/C20H26N4O2/c25-20(17-4-2-8-22(15-17)16-19-6-3-13-26-19)24-11-9-23(10-12-24)18-5-1-7-21-14-18/h1,3,5-7,13-14,17H,2,4,8-12,15-16H2. The van der Waals surface area contributed by atoms with Crippen LogP contribution in [0.5, 0.6) is 0 Å². The smallest absolute Gasteiger partial charge is 0.227 e. The maximum absolute atomic E-state index is 13.0. The summed E-state index contributed by atoms with van der Waals surface area (Å²) in [5.41, 5.74) is 1.14. The molecule has 0 radical (unpaired) electrons. The van der Waals surface area contributed by atoms with Crippen molar-refractivity contribution < 1.29 is 9.21 Å². The van der Waals surface area contributed by atoms with Crippen LogP contribution in [0.4, 0.5) is 5.69 Å². The van der Waals surface area contributed by atoms with Crippen LogP contribution in [0.25, 0.3) is 0 Å². The second kappa shape index (κ2) is 7.91. The van der Waals surface area contributed by atoms with Crippen LogP contribution in [-0.2, 0) is 11.3 Å². The highest BCUT2D eigenvalue weighted by molar-refractivity contribution is 5.79. The first kappa shape index (κ1) is 17.1. The summed E-state index contributed by atoms with van der Waals surface area (Å²) >= 11 is 0. The van der Waals surface area contributed by atoms with E-state index in [1.807, 2.05) is 29.3 Å². The van der Waals surface area contributed by atoms with Crippen molar-refractivity contribution in [3.8, 4) is 0 Å². The molecule has 2 aromatic heterocycles. The maximum atomic E-state index is 13.0. The zero-order valence-electron chi connectivity index (χ0n) is 15.1. The molecule has 2 aliphatic heterocycles. The first-order valence-electron chi connectivity index (χ1n) is 9.48. The van der Waals surface area contributed by atoms with Gasteiger partial charge in [-0.05, 0) is 43.7 Å². The van der Waals surface area contributed by atoms with Gasteiger partial charge in [0.15, 0.2) is 0 Å². The zero-order valence-corrected chi connectivity index (χ0v) is 15.1. The van der Waals surface area contributed by atoms with Gasteiger partial charge in [0, 0.05) is 38.9 Å². The molecular weight excluding hydrogens is 328 g/mol. The number of likely N-dealkylation sites (tertiary alicyclic amines) is 1. The summed E-state index contributed by atoms with van der Waals surface area (Å²) in [6, 6.07) is 7.97. The van der Waals surface area contributed by atoms with Gasteiger partial charge in [-0.3, -0.25) is 14.7 Å². The van der Waals surface area contributed by atoms with Gasteiger partial charge in [-0.2, -0.15) is 0 Å². The van der Waals surface area contributed by atoms with E-state index >= 15 is 0 Å². The van der Waals surface area contributed by atoms with Gasteiger partial charge in [0.05, 0.1) is 30.6 Å². The molecule has 6 nitrogen and oxygen atoms in total. The van der Waals surface area contributed by atoms with Gasteiger partial charge in [0.1, 0.15) is 5.76 Å². The first-order valence-corrected chi connectivity index (χ1v) is 9.48. The summed E-state index contributed by atoms with van der Waals surface area (Å²) in [7, 11) is 0. The van der Waals surface area contributed by atoms with Crippen molar-refractivity contribution in [1.29, 1.82) is 0 Å². The number of piperidine rings is 1. The lowest BCUT2D eigenvalue weighted by Gasteiger charge is -2.39. The van der Waals surface area contributed by atoms with E-state index < -0.39 is 0 Å². The van der Waals surface area contributed by atoms with Crippen molar-refractivity contribution in [2.24, 2.45) is 5.92 Å². The molecule has 2 aliphatic rings. The third-order valence-corrected chi connectivity index (χ3v) is 5.42.